The third-order valence-electron chi connectivity index (χ3n) is 3.42. The van der Waals surface area contributed by atoms with Gasteiger partial charge in [0.25, 0.3) is 0 Å². The van der Waals surface area contributed by atoms with E-state index in [1.807, 2.05) is 12.1 Å². The van der Waals surface area contributed by atoms with Crippen molar-refractivity contribution in [3.8, 4) is 0 Å². The Morgan fingerprint density at radius 3 is 2.62 bits per heavy atom. The van der Waals surface area contributed by atoms with Crippen LogP contribution in [0.3, 0.4) is 0 Å². The van der Waals surface area contributed by atoms with Gasteiger partial charge in [-0.2, -0.15) is 0 Å². The molecular formula is C13H15N3. The fraction of sp³-hybridized carbons (Fsp3) is 0.231. The molecule has 0 atom stereocenters. The van der Waals surface area contributed by atoms with Crippen LogP contribution < -0.4 is 5.73 Å². The van der Waals surface area contributed by atoms with E-state index < -0.39 is 0 Å². The highest BCUT2D eigenvalue weighted by molar-refractivity contribution is 5.85. The molecule has 3 rings (SSSR count). The fourth-order valence-corrected chi connectivity index (χ4v) is 2.44. The summed E-state index contributed by atoms with van der Waals surface area (Å²) in [5.74, 6) is 0. The summed E-state index contributed by atoms with van der Waals surface area (Å²) >= 11 is 0. The molecule has 2 heterocycles. The van der Waals surface area contributed by atoms with Crippen LogP contribution in [0.4, 0.5) is 5.69 Å². The molecule has 0 fully saturated rings. The molecule has 3 heteroatoms. The largest absolute Gasteiger partial charge is 0.399 e. The van der Waals surface area contributed by atoms with Crippen molar-refractivity contribution in [2.24, 2.45) is 7.05 Å². The van der Waals surface area contributed by atoms with E-state index in [4.69, 9.17) is 5.73 Å². The number of nitrogen functional groups attached to an aromatic ring is 1. The first-order chi connectivity index (χ1) is 7.59. The van der Waals surface area contributed by atoms with E-state index in [0.717, 1.165) is 5.69 Å². The van der Waals surface area contributed by atoms with Gasteiger partial charge in [0.2, 0.25) is 0 Å². The number of imidazole rings is 1. The zero-order valence-electron chi connectivity index (χ0n) is 9.78. The average Bonchev–Trinajstić information content (AvgIpc) is 2.67. The molecule has 3 nitrogen and oxygen atoms in total. The molecule has 82 valence electrons. The summed E-state index contributed by atoms with van der Waals surface area (Å²) in [4.78, 5) is 0. The minimum absolute atomic E-state index is 0.809. The SMILES string of the molecule is Cc1cn2c3cc(N)ccc3n(C)c2c1C. The summed E-state index contributed by atoms with van der Waals surface area (Å²) in [5, 5.41) is 0. The van der Waals surface area contributed by atoms with Gasteiger partial charge in [-0.1, -0.05) is 0 Å². The summed E-state index contributed by atoms with van der Waals surface area (Å²) in [6.45, 7) is 4.30. The van der Waals surface area contributed by atoms with E-state index in [9.17, 15) is 0 Å². The van der Waals surface area contributed by atoms with Crippen LogP contribution in [0, 0.1) is 13.8 Å². The highest BCUT2D eigenvalue weighted by atomic mass is 15.1. The van der Waals surface area contributed by atoms with Gasteiger partial charge in [-0.25, -0.2) is 0 Å². The van der Waals surface area contributed by atoms with Crippen LogP contribution >= 0.6 is 0 Å². The van der Waals surface area contributed by atoms with Crippen molar-refractivity contribution >= 4 is 22.4 Å². The normalized spacial score (nSPS) is 11.7. The van der Waals surface area contributed by atoms with Gasteiger partial charge < -0.3 is 14.7 Å². The van der Waals surface area contributed by atoms with Crippen molar-refractivity contribution in [2.45, 2.75) is 13.8 Å². The van der Waals surface area contributed by atoms with E-state index in [2.05, 4.69) is 42.1 Å². The summed E-state index contributed by atoms with van der Waals surface area (Å²) in [6, 6.07) is 6.05. The van der Waals surface area contributed by atoms with Crippen LogP contribution in [0.25, 0.3) is 16.7 Å². The maximum Gasteiger partial charge on any atom is 0.120 e. The Morgan fingerprint density at radius 1 is 1.12 bits per heavy atom. The van der Waals surface area contributed by atoms with E-state index in [1.165, 1.54) is 27.8 Å². The Hall–Kier alpha value is -1.90. The average molecular weight is 213 g/mol. The molecule has 2 aromatic heterocycles. The molecule has 3 aromatic rings. The van der Waals surface area contributed by atoms with Gasteiger partial charge in [0.15, 0.2) is 0 Å². The highest BCUT2D eigenvalue weighted by Crippen LogP contribution is 2.26. The van der Waals surface area contributed by atoms with Gasteiger partial charge in [0, 0.05) is 18.9 Å². The Bertz CT molecular complexity index is 701. The van der Waals surface area contributed by atoms with Gasteiger partial charge in [-0.15, -0.1) is 0 Å². The van der Waals surface area contributed by atoms with Crippen LogP contribution in [0.5, 0.6) is 0 Å². The Labute approximate surface area is 94.1 Å². The molecule has 0 aliphatic carbocycles. The lowest BCUT2D eigenvalue weighted by molar-refractivity contribution is 0.987. The molecular weight excluding hydrogens is 198 g/mol. The second kappa shape index (κ2) is 2.82. The van der Waals surface area contributed by atoms with E-state index in [1.54, 1.807) is 0 Å². The maximum atomic E-state index is 5.85. The Balaban J connectivity index is 2.63. The lowest BCUT2D eigenvalue weighted by atomic mass is 10.2. The van der Waals surface area contributed by atoms with E-state index >= 15 is 0 Å². The predicted octanol–water partition coefficient (Wildman–Crippen LogP) is 2.63. The lowest BCUT2D eigenvalue weighted by Gasteiger charge is -1.98. The first-order valence-corrected chi connectivity index (χ1v) is 5.42. The zero-order chi connectivity index (χ0) is 11.4. The molecule has 1 aromatic carbocycles. The molecule has 0 aliphatic rings. The summed E-state index contributed by atoms with van der Waals surface area (Å²) in [5.41, 5.74) is 12.9. The molecule has 0 saturated carbocycles. The third kappa shape index (κ3) is 0.975. The van der Waals surface area contributed by atoms with Crippen LogP contribution in [0.15, 0.2) is 24.4 Å². The van der Waals surface area contributed by atoms with Crippen molar-refractivity contribution in [1.82, 2.24) is 8.97 Å². The molecule has 0 radical (unpaired) electrons. The monoisotopic (exact) mass is 213 g/mol. The number of fused-ring (bicyclic) bond motifs is 3. The summed E-state index contributed by atoms with van der Waals surface area (Å²) in [7, 11) is 2.10. The number of nitrogens with two attached hydrogens (primary N) is 1. The molecule has 0 spiro atoms. The van der Waals surface area contributed by atoms with Gasteiger partial charge in [-0.05, 0) is 43.2 Å². The summed E-state index contributed by atoms with van der Waals surface area (Å²) < 4.78 is 4.44. The molecule has 0 amide bonds. The summed E-state index contributed by atoms with van der Waals surface area (Å²) in [6.07, 6.45) is 2.17. The first-order valence-electron chi connectivity index (χ1n) is 5.42. The molecule has 2 N–H and O–H groups in total. The first kappa shape index (κ1) is 9.33. The van der Waals surface area contributed by atoms with Gasteiger partial charge >= 0.3 is 0 Å². The second-order valence-electron chi connectivity index (χ2n) is 4.44. The smallest absolute Gasteiger partial charge is 0.120 e. The predicted molar refractivity (Wildman–Crippen MR) is 67.8 cm³/mol. The van der Waals surface area contributed by atoms with Crippen molar-refractivity contribution in [1.29, 1.82) is 0 Å². The van der Waals surface area contributed by atoms with Crippen molar-refractivity contribution in [2.75, 3.05) is 5.73 Å². The number of aromatic nitrogens is 2. The Morgan fingerprint density at radius 2 is 1.88 bits per heavy atom. The minimum atomic E-state index is 0.809. The molecule has 0 saturated heterocycles. The molecule has 16 heavy (non-hydrogen) atoms. The molecule has 0 aliphatic heterocycles. The minimum Gasteiger partial charge on any atom is -0.399 e. The number of benzene rings is 1. The zero-order valence-corrected chi connectivity index (χ0v) is 9.78. The van der Waals surface area contributed by atoms with Crippen molar-refractivity contribution < 1.29 is 0 Å². The number of aryl methyl sites for hydroxylation is 3. The van der Waals surface area contributed by atoms with E-state index in [0.29, 0.717) is 0 Å². The number of rotatable bonds is 0. The topological polar surface area (TPSA) is 35.4 Å². The highest BCUT2D eigenvalue weighted by Gasteiger charge is 2.12. The third-order valence-corrected chi connectivity index (χ3v) is 3.42. The quantitative estimate of drug-likeness (QED) is 0.572. The van der Waals surface area contributed by atoms with Crippen LogP contribution in [-0.2, 0) is 7.05 Å². The molecule has 0 unspecified atom stereocenters. The van der Waals surface area contributed by atoms with Gasteiger partial charge in [0.1, 0.15) is 5.65 Å². The number of hydrogen-bond acceptors (Lipinski definition) is 1. The Kier molecular flexibility index (Phi) is 1.64. The maximum absolute atomic E-state index is 5.85. The number of hydrogen-bond donors (Lipinski definition) is 1. The second-order valence-corrected chi connectivity index (χ2v) is 4.44. The van der Waals surface area contributed by atoms with Crippen molar-refractivity contribution in [3.63, 3.8) is 0 Å². The van der Waals surface area contributed by atoms with Crippen LogP contribution in [0.1, 0.15) is 11.1 Å². The van der Waals surface area contributed by atoms with Gasteiger partial charge in [-0.3, -0.25) is 0 Å². The van der Waals surface area contributed by atoms with Gasteiger partial charge in [0.05, 0.1) is 11.0 Å². The van der Waals surface area contributed by atoms with Crippen LogP contribution in [-0.4, -0.2) is 8.97 Å². The lowest BCUT2D eigenvalue weighted by Crippen LogP contribution is -1.89. The van der Waals surface area contributed by atoms with E-state index in [-0.39, 0.29) is 0 Å². The number of anilines is 1. The molecule has 0 bridgehead atoms. The van der Waals surface area contributed by atoms with Crippen LogP contribution in [0.2, 0.25) is 0 Å². The standard InChI is InChI=1S/C13H15N3/c1-8-7-16-12-6-10(14)4-5-11(12)15(3)13(16)9(8)2/h4-7H,14H2,1-3H3. The fourth-order valence-electron chi connectivity index (χ4n) is 2.44. The van der Waals surface area contributed by atoms with Crippen molar-refractivity contribution in [3.05, 3.63) is 35.5 Å². The number of nitrogens with zero attached hydrogens (tertiary/aromatic N) is 2.